The molecule has 0 aliphatic rings. The summed E-state index contributed by atoms with van der Waals surface area (Å²) in [4.78, 5) is 0. The van der Waals surface area contributed by atoms with Crippen molar-refractivity contribution in [3.63, 3.8) is 0 Å². The van der Waals surface area contributed by atoms with E-state index in [1.807, 2.05) is 0 Å². The van der Waals surface area contributed by atoms with Crippen molar-refractivity contribution in [3.05, 3.63) is 0 Å². The van der Waals surface area contributed by atoms with Crippen LogP contribution in [0.4, 0.5) is 0 Å². The number of nitrogens with zero attached hydrogens (tertiary/aromatic N) is 1. The molecule has 0 rings (SSSR count). The van der Waals surface area contributed by atoms with Gasteiger partial charge in [0.1, 0.15) is 6.54 Å². The molecule has 0 aliphatic heterocycles. The van der Waals surface area contributed by atoms with E-state index < -0.39 is 0 Å². The fourth-order valence-electron chi connectivity index (χ4n) is 0.583. The second-order valence-electron chi connectivity index (χ2n) is 3.93. The molecule has 0 saturated heterocycles. The van der Waals surface area contributed by atoms with Crippen LogP contribution in [-0.4, -0.2) is 80.4 Å². The maximum Gasteiger partial charge on any atom is 0.101 e. The first-order chi connectivity index (χ1) is 6.47. The summed E-state index contributed by atoms with van der Waals surface area (Å²) in [5, 5.41) is 27.5. The quantitative estimate of drug-likeness (QED) is 0.309. The Labute approximate surface area is 86.6 Å². The minimum Gasteiger partial charge on any atom is -0.395 e. The van der Waals surface area contributed by atoms with Crippen LogP contribution in [-0.2, 0) is 0 Å². The normalized spacial score (nSPS) is 10.7. The molecular formula is C9H25N2O3+. The zero-order valence-corrected chi connectivity index (χ0v) is 9.53. The fraction of sp³-hybridized carbons (Fsp3) is 1.00. The van der Waals surface area contributed by atoms with E-state index in [9.17, 15) is 0 Å². The average molecular weight is 209 g/mol. The Balaban J connectivity index is 0. The van der Waals surface area contributed by atoms with Crippen molar-refractivity contribution >= 4 is 0 Å². The molecule has 5 nitrogen and oxygen atoms in total. The zero-order chi connectivity index (χ0) is 11.4. The first-order valence-electron chi connectivity index (χ1n) is 4.81. The lowest BCUT2D eigenvalue weighted by Crippen LogP contribution is -2.36. The van der Waals surface area contributed by atoms with E-state index in [-0.39, 0.29) is 19.8 Å². The molecule has 0 fully saturated rings. The molecular weight excluding hydrogens is 184 g/mol. The van der Waals surface area contributed by atoms with Crippen LogP contribution >= 0.6 is 0 Å². The lowest BCUT2D eigenvalue weighted by atomic mass is 10.5. The Morgan fingerprint density at radius 1 is 0.857 bits per heavy atom. The SMILES string of the molecule is C[N+](C)(C)CCO.OCCNCCO. The predicted molar refractivity (Wildman–Crippen MR) is 57.0 cm³/mol. The summed E-state index contributed by atoms with van der Waals surface area (Å²) in [5.74, 6) is 0. The van der Waals surface area contributed by atoms with Gasteiger partial charge in [-0.15, -0.1) is 0 Å². The summed E-state index contributed by atoms with van der Waals surface area (Å²) >= 11 is 0. The summed E-state index contributed by atoms with van der Waals surface area (Å²) in [6.45, 7) is 2.53. The largest absolute Gasteiger partial charge is 0.395 e. The van der Waals surface area contributed by atoms with Crippen LogP contribution in [0.2, 0.25) is 0 Å². The van der Waals surface area contributed by atoms with Crippen LogP contribution in [0.25, 0.3) is 0 Å². The molecule has 0 spiro atoms. The Bertz CT molecular complexity index is 101. The van der Waals surface area contributed by atoms with Crippen molar-refractivity contribution in [3.8, 4) is 0 Å². The Morgan fingerprint density at radius 2 is 1.29 bits per heavy atom. The number of hydrogen-bond donors (Lipinski definition) is 4. The Hall–Kier alpha value is -0.200. The van der Waals surface area contributed by atoms with E-state index in [1.165, 1.54) is 0 Å². The average Bonchev–Trinajstić information content (AvgIpc) is 2.04. The van der Waals surface area contributed by atoms with Crippen molar-refractivity contribution in [2.75, 3.05) is 60.6 Å². The number of hydrogen-bond acceptors (Lipinski definition) is 4. The van der Waals surface area contributed by atoms with E-state index in [1.54, 1.807) is 0 Å². The van der Waals surface area contributed by atoms with Gasteiger partial charge in [-0.25, -0.2) is 0 Å². The third-order valence-corrected chi connectivity index (χ3v) is 1.35. The number of likely N-dealkylation sites (N-methyl/N-ethyl adjacent to an activating group) is 1. The molecule has 0 aliphatic carbocycles. The van der Waals surface area contributed by atoms with Crippen molar-refractivity contribution in [2.45, 2.75) is 0 Å². The second kappa shape index (κ2) is 10.9. The highest BCUT2D eigenvalue weighted by molar-refractivity contribution is 4.39. The van der Waals surface area contributed by atoms with E-state index in [0.29, 0.717) is 13.1 Å². The van der Waals surface area contributed by atoms with Crippen molar-refractivity contribution < 1.29 is 19.8 Å². The number of aliphatic hydroxyl groups is 3. The molecule has 0 aromatic heterocycles. The molecule has 0 bridgehead atoms. The van der Waals surface area contributed by atoms with Gasteiger partial charge in [-0.2, -0.15) is 0 Å². The molecule has 0 saturated carbocycles. The molecule has 88 valence electrons. The first-order valence-corrected chi connectivity index (χ1v) is 4.81. The molecule has 0 unspecified atom stereocenters. The molecule has 0 heterocycles. The van der Waals surface area contributed by atoms with Gasteiger partial charge in [-0.3, -0.25) is 0 Å². The summed E-state index contributed by atoms with van der Waals surface area (Å²) in [5.41, 5.74) is 0. The number of nitrogens with one attached hydrogen (secondary N) is 1. The third-order valence-electron chi connectivity index (χ3n) is 1.35. The molecule has 14 heavy (non-hydrogen) atoms. The summed E-state index contributed by atoms with van der Waals surface area (Å²) < 4.78 is 0.844. The maximum atomic E-state index is 8.39. The minimum absolute atomic E-state index is 0.139. The van der Waals surface area contributed by atoms with Gasteiger partial charge >= 0.3 is 0 Å². The maximum absolute atomic E-state index is 8.39. The molecule has 4 N–H and O–H groups in total. The molecule has 0 aromatic rings. The highest BCUT2D eigenvalue weighted by Gasteiger charge is 2.02. The predicted octanol–water partition coefficient (Wildman–Crippen LogP) is -1.75. The topological polar surface area (TPSA) is 72.7 Å². The molecule has 5 heteroatoms. The van der Waals surface area contributed by atoms with Crippen LogP contribution in [0.5, 0.6) is 0 Å². The molecule has 0 amide bonds. The monoisotopic (exact) mass is 209 g/mol. The molecule has 0 atom stereocenters. The van der Waals surface area contributed by atoms with Gasteiger partial charge in [-0.05, 0) is 0 Å². The van der Waals surface area contributed by atoms with Crippen molar-refractivity contribution in [1.29, 1.82) is 0 Å². The summed E-state index contributed by atoms with van der Waals surface area (Å²) in [6.07, 6.45) is 0. The molecule has 0 aromatic carbocycles. The number of rotatable bonds is 6. The van der Waals surface area contributed by atoms with Gasteiger partial charge in [-0.1, -0.05) is 0 Å². The highest BCUT2D eigenvalue weighted by Crippen LogP contribution is 1.84. The van der Waals surface area contributed by atoms with E-state index in [0.717, 1.165) is 11.0 Å². The highest BCUT2D eigenvalue weighted by atomic mass is 16.3. The lowest BCUT2D eigenvalue weighted by molar-refractivity contribution is -0.870. The summed E-state index contributed by atoms with van der Waals surface area (Å²) in [6, 6.07) is 0. The van der Waals surface area contributed by atoms with Gasteiger partial charge in [0.2, 0.25) is 0 Å². The Kier molecular flexibility index (Phi) is 12.6. The van der Waals surface area contributed by atoms with Crippen LogP contribution < -0.4 is 5.32 Å². The van der Waals surface area contributed by atoms with E-state index >= 15 is 0 Å². The van der Waals surface area contributed by atoms with E-state index in [2.05, 4.69) is 26.5 Å². The number of quaternary nitrogens is 1. The second-order valence-corrected chi connectivity index (χ2v) is 3.93. The van der Waals surface area contributed by atoms with E-state index in [4.69, 9.17) is 15.3 Å². The Morgan fingerprint density at radius 3 is 1.43 bits per heavy atom. The van der Waals surface area contributed by atoms with Crippen LogP contribution in [0.15, 0.2) is 0 Å². The van der Waals surface area contributed by atoms with Gasteiger partial charge in [0.05, 0.1) is 41.0 Å². The van der Waals surface area contributed by atoms with Crippen molar-refractivity contribution in [2.24, 2.45) is 0 Å². The van der Waals surface area contributed by atoms with Gasteiger partial charge < -0.3 is 25.1 Å². The van der Waals surface area contributed by atoms with Gasteiger partial charge in [0.15, 0.2) is 0 Å². The zero-order valence-electron chi connectivity index (χ0n) is 9.53. The minimum atomic E-state index is 0.139. The van der Waals surface area contributed by atoms with Crippen molar-refractivity contribution in [1.82, 2.24) is 5.32 Å². The van der Waals surface area contributed by atoms with Gasteiger partial charge in [0.25, 0.3) is 0 Å². The van der Waals surface area contributed by atoms with Gasteiger partial charge in [0, 0.05) is 13.1 Å². The smallest absolute Gasteiger partial charge is 0.101 e. The van der Waals surface area contributed by atoms with Crippen LogP contribution in [0, 0.1) is 0 Å². The summed E-state index contributed by atoms with van der Waals surface area (Å²) in [7, 11) is 6.16. The fourth-order valence-corrected chi connectivity index (χ4v) is 0.583. The number of aliphatic hydroxyl groups excluding tert-OH is 3. The standard InChI is InChI=1S/C5H14NO.C4H11NO2/c1-6(2,3)4-5-7;6-3-1-5-2-4-7/h7H,4-5H2,1-3H3;5-7H,1-4H2/q+1;. The molecule has 0 radical (unpaired) electrons. The third kappa shape index (κ3) is 22.6. The van der Waals surface area contributed by atoms with Crippen LogP contribution in [0.1, 0.15) is 0 Å². The van der Waals surface area contributed by atoms with Crippen LogP contribution in [0.3, 0.4) is 0 Å². The lowest BCUT2D eigenvalue weighted by Gasteiger charge is -2.21. The first kappa shape index (κ1) is 16.2.